The van der Waals surface area contributed by atoms with Crippen molar-refractivity contribution in [3.63, 3.8) is 0 Å². The molecule has 11 nitrogen and oxygen atoms in total. The number of unbranched alkanes of at least 4 members (excludes halogenated alkanes) is 16. The number of allylic oxidation sites excluding steroid dienone is 17. The summed E-state index contributed by atoms with van der Waals surface area (Å²) in [6.45, 7) is 5.46. The molecule has 1 saturated heterocycles. The van der Waals surface area contributed by atoms with Crippen LogP contribution in [-0.4, -0.2) is 99.6 Å². The second kappa shape index (κ2) is 47.3. The monoisotopic (exact) mass is 994 g/mol. The number of esters is 1. The molecule has 11 heteroatoms. The van der Waals surface area contributed by atoms with Gasteiger partial charge in [-0.3, -0.25) is 9.59 Å². The SMILES string of the molecule is CC/C=C\C/C=C\C/C=C\C/C=C\C/C=C\CCC(O)C(=O)NC(COC1OC(CO)C(O)C(O)C1OC(=O)CCCCCCC\C=C/C=C/C=C/CC)C(O)/C=C/CCCCCCCCCCCCC. The molecule has 1 fully saturated rings. The van der Waals surface area contributed by atoms with Crippen LogP contribution in [0.25, 0.3) is 0 Å². The molecule has 1 rings (SSSR count). The van der Waals surface area contributed by atoms with Gasteiger partial charge < -0.3 is 45.1 Å². The van der Waals surface area contributed by atoms with E-state index in [1.54, 1.807) is 6.08 Å². The van der Waals surface area contributed by atoms with E-state index >= 15 is 0 Å². The highest BCUT2D eigenvalue weighted by atomic mass is 16.7. The van der Waals surface area contributed by atoms with E-state index in [0.29, 0.717) is 12.8 Å². The Bertz CT molecular complexity index is 1560. The van der Waals surface area contributed by atoms with E-state index in [9.17, 15) is 35.1 Å². The molecule has 1 amide bonds. The summed E-state index contributed by atoms with van der Waals surface area (Å²) in [5.74, 6) is -1.29. The van der Waals surface area contributed by atoms with Crippen LogP contribution in [0.2, 0.25) is 0 Å². The predicted molar refractivity (Wildman–Crippen MR) is 291 cm³/mol. The molecule has 404 valence electrons. The molecule has 6 N–H and O–H groups in total. The summed E-state index contributed by atoms with van der Waals surface area (Å²) in [7, 11) is 0. The minimum absolute atomic E-state index is 0.0876. The van der Waals surface area contributed by atoms with Crippen molar-refractivity contribution in [1.82, 2.24) is 5.32 Å². The third kappa shape index (κ3) is 36.0. The van der Waals surface area contributed by atoms with Gasteiger partial charge in [0.15, 0.2) is 12.4 Å². The number of aliphatic hydroxyl groups is 5. The summed E-state index contributed by atoms with van der Waals surface area (Å²) in [5.41, 5.74) is 0. The molecule has 0 aromatic heterocycles. The number of aliphatic hydroxyl groups excluding tert-OH is 5. The van der Waals surface area contributed by atoms with Crippen molar-refractivity contribution in [2.24, 2.45) is 0 Å². The van der Waals surface area contributed by atoms with Crippen molar-refractivity contribution >= 4 is 11.9 Å². The van der Waals surface area contributed by atoms with E-state index in [1.807, 2.05) is 42.5 Å². The first-order valence-electron chi connectivity index (χ1n) is 27.7. The Balaban J connectivity index is 2.83. The molecular weight excluding hydrogens is 895 g/mol. The van der Waals surface area contributed by atoms with Gasteiger partial charge in [0.2, 0.25) is 5.91 Å². The summed E-state index contributed by atoms with van der Waals surface area (Å²) in [6.07, 6.45) is 52.9. The average molecular weight is 994 g/mol. The van der Waals surface area contributed by atoms with Gasteiger partial charge in [0, 0.05) is 6.42 Å². The summed E-state index contributed by atoms with van der Waals surface area (Å²) in [5, 5.41) is 56.7. The molecule has 0 aliphatic carbocycles. The van der Waals surface area contributed by atoms with Crippen LogP contribution < -0.4 is 5.32 Å². The van der Waals surface area contributed by atoms with Gasteiger partial charge in [-0.2, -0.15) is 0 Å². The van der Waals surface area contributed by atoms with E-state index < -0.39 is 67.4 Å². The normalized spacial score (nSPS) is 20.5. The van der Waals surface area contributed by atoms with Crippen LogP contribution in [-0.2, 0) is 23.8 Å². The Morgan fingerprint density at radius 2 is 1.08 bits per heavy atom. The van der Waals surface area contributed by atoms with E-state index in [-0.39, 0.29) is 19.4 Å². The number of hydrogen-bond acceptors (Lipinski definition) is 10. The number of carbonyl (C=O) groups is 2. The highest BCUT2D eigenvalue weighted by Gasteiger charge is 2.47. The van der Waals surface area contributed by atoms with Crippen LogP contribution in [0.1, 0.15) is 194 Å². The van der Waals surface area contributed by atoms with Gasteiger partial charge in [0.25, 0.3) is 0 Å². The van der Waals surface area contributed by atoms with Crippen LogP contribution >= 0.6 is 0 Å². The Morgan fingerprint density at radius 3 is 1.65 bits per heavy atom. The number of carbonyl (C=O) groups excluding carboxylic acids is 2. The summed E-state index contributed by atoms with van der Waals surface area (Å²) < 4.78 is 17.5. The molecule has 0 aromatic carbocycles. The number of nitrogens with one attached hydrogen (secondary N) is 1. The van der Waals surface area contributed by atoms with Crippen molar-refractivity contribution < 1.29 is 49.3 Å². The lowest BCUT2D eigenvalue weighted by Crippen LogP contribution is -2.61. The molecule has 8 unspecified atom stereocenters. The van der Waals surface area contributed by atoms with Gasteiger partial charge >= 0.3 is 5.97 Å². The van der Waals surface area contributed by atoms with Gasteiger partial charge in [0.05, 0.1) is 25.4 Å². The summed E-state index contributed by atoms with van der Waals surface area (Å²) in [6, 6.07) is -1.06. The Hall–Kier alpha value is -3.68. The molecule has 0 spiro atoms. The maximum Gasteiger partial charge on any atom is 0.306 e. The Kier molecular flexibility index (Phi) is 43.6. The topological polar surface area (TPSA) is 175 Å². The third-order valence-electron chi connectivity index (χ3n) is 12.2. The lowest BCUT2D eigenvalue weighted by Gasteiger charge is -2.41. The lowest BCUT2D eigenvalue weighted by atomic mass is 9.99. The quantitative estimate of drug-likeness (QED) is 0.0149. The summed E-state index contributed by atoms with van der Waals surface area (Å²) in [4.78, 5) is 26.4. The van der Waals surface area contributed by atoms with Gasteiger partial charge in [-0.05, 0) is 83.5 Å². The first kappa shape index (κ1) is 65.3. The molecule has 0 saturated carbocycles. The highest BCUT2D eigenvalue weighted by Crippen LogP contribution is 2.26. The van der Waals surface area contributed by atoms with Crippen molar-refractivity contribution in [3.8, 4) is 0 Å². The van der Waals surface area contributed by atoms with Crippen LogP contribution in [0.4, 0.5) is 0 Å². The van der Waals surface area contributed by atoms with Crippen LogP contribution in [0, 0.1) is 0 Å². The Labute approximate surface area is 430 Å². The number of hydrogen-bond donors (Lipinski definition) is 6. The predicted octanol–water partition coefficient (Wildman–Crippen LogP) is 12.2. The molecule has 1 aliphatic rings. The molecule has 71 heavy (non-hydrogen) atoms. The maximum atomic E-state index is 13.3. The molecule has 0 bridgehead atoms. The fraction of sp³-hybridized carbons (Fsp3) is 0.667. The van der Waals surface area contributed by atoms with Crippen molar-refractivity contribution in [3.05, 3.63) is 109 Å². The van der Waals surface area contributed by atoms with E-state index in [0.717, 1.165) is 96.3 Å². The Morgan fingerprint density at radius 1 is 0.577 bits per heavy atom. The van der Waals surface area contributed by atoms with Crippen LogP contribution in [0.3, 0.4) is 0 Å². The van der Waals surface area contributed by atoms with Crippen molar-refractivity contribution in [2.75, 3.05) is 13.2 Å². The highest BCUT2D eigenvalue weighted by molar-refractivity contribution is 5.80. The van der Waals surface area contributed by atoms with Gasteiger partial charge in [-0.25, -0.2) is 0 Å². The van der Waals surface area contributed by atoms with Gasteiger partial charge in [0.1, 0.15) is 24.4 Å². The molecule has 1 aliphatic heterocycles. The maximum absolute atomic E-state index is 13.3. The lowest BCUT2D eigenvalue weighted by molar-refractivity contribution is -0.305. The van der Waals surface area contributed by atoms with Crippen molar-refractivity contribution in [2.45, 2.75) is 243 Å². The fourth-order valence-electron chi connectivity index (χ4n) is 7.86. The smallest absolute Gasteiger partial charge is 0.306 e. The van der Waals surface area contributed by atoms with E-state index in [4.69, 9.17) is 14.2 Å². The third-order valence-corrected chi connectivity index (χ3v) is 12.2. The second-order valence-corrected chi connectivity index (χ2v) is 18.6. The average Bonchev–Trinajstić information content (AvgIpc) is 3.37. The van der Waals surface area contributed by atoms with Gasteiger partial charge in [-0.1, -0.05) is 214 Å². The zero-order valence-electron chi connectivity index (χ0n) is 44.3. The fourth-order valence-corrected chi connectivity index (χ4v) is 7.86. The zero-order chi connectivity index (χ0) is 51.8. The number of amides is 1. The standard InChI is InChI=1S/C60H99NO10/c1-4-7-10-13-16-19-22-25-26-27-30-32-35-38-41-44-47-53(64)59(68)61-51(52(63)46-43-40-37-34-31-28-23-20-17-14-11-8-5-2)50-69-60-58(57(67)56(66)54(49-62)70-60)71-55(65)48-45-42-39-36-33-29-24-21-18-15-12-9-6-3/h7,9-10,12,15-16,18-19,21,24-26,30,32,38,41,43,46,51-54,56-58,60,62-64,66-67H,4-6,8,11,13-14,17,20,22-23,27-29,31,33-37,39-40,42,44-45,47-50H2,1-3H3,(H,61,68)/b10-7-,12-9+,18-15+,19-16-,24-21-,26-25-,32-30-,41-38-,46-43+. The molecule has 0 radical (unpaired) electrons. The largest absolute Gasteiger partial charge is 0.454 e. The minimum Gasteiger partial charge on any atom is -0.454 e. The van der Waals surface area contributed by atoms with Crippen LogP contribution in [0.5, 0.6) is 0 Å². The van der Waals surface area contributed by atoms with Gasteiger partial charge in [-0.15, -0.1) is 0 Å². The minimum atomic E-state index is -1.64. The van der Waals surface area contributed by atoms with E-state index in [2.05, 4.69) is 86.8 Å². The summed E-state index contributed by atoms with van der Waals surface area (Å²) >= 11 is 0. The van der Waals surface area contributed by atoms with E-state index in [1.165, 1.54) is 51.4 Å². The number of rotatable bonds is 44. The van der Waals surface area contributed by atoms with Crippen LogP contribution in [0.15, 0.2) is 109 Å². The zero-order valence-corrected chi connectivity index (χ0v) is 44.3. The molecular formula is C60H99NO10. The second-order valence-electron chi connectivity index (χ2n) is 18.6. The number of ether oxygens (including phenoxy) is 3. The van der Waals surface area contributed by atoms with Crippen molar-refractivity contribution in [1.29, 1.82) is 0 Å². The first-order chi connectivity index (χ1) is 34.7. The molecule has 1 heterocycles. The first-order valence-corrected chi connectivity index (χ1v) is 27.7. The molecule has 0 aromatic rings. The molecule has 8 atom stereocenters.